The standard InChI is InChI=1S/C21H21FN4O2/c1-25-13-16(12-23-25)18-3-2-4-19(24-18)20-14-26(9-10-28-20)21(27)11-15-5-7-17(22)8-6-15/h2-8,12-13,20H,9-11,14H2,1H3. The first kappa shape index (κ1) is 18.3. The van der Waals surface area contributed by atoms with E-state index in [0.29, 0.717) is 19.7 Å². The maximum atomic E-state index is 13.1. The maximum absolute atomic E-state index is 13.1. The average Bonchev–Trinajstić information content (AvgIpc) is 3.16. The van der Waals surface area contributed by atoms with Crippen molar-refractivity contribution in [3.8, 4) is 11.3 Å². The van der Waals surface area contributed by atoms with Gasteiger partial charge in [0.25, 0.3) is 0 Å². The molecule has 6 nitrogen and oxygen atoms in total. The summed E-state index contributed by atoms with van der Waals surface area (Å²) >= 11 is 0. The highest BCUT2D eigenvalue weighted by molar-refractivity contribution is 5.79. The van der Waals surface area contributed by atoms with Crippen molar-refractivity contribution in [3.05, 3.63) is 71.9 Å². The second kappa shape index (κ2) is 7.90. The zero-order valence-electron chi connectivity index (χ0n) is 15.6. The van der Waals surface area contributed by atoms with Crippen LogP contribution in [0.3, 0.4) is 0 Å². The van der Waals surface area contributed by atoms with Crippen molar-refractivity contribution in [2.75, 3.05) is 19.7 Å². The number of aryl methyl sites for hydroxylation is 1. The Kier molecular flexibility index (Phi) is 5.16. The van der Waals surface area contributed by atoms with Crippen molar-refractivity contribution in [3.63, 3.8) is 0 Å². The SMILES string of the molecule is Cn1cc(-c2cccc(C3CN(C(=O)Cc4ccc(F)cc4)CCO3)n2)cn1. The van der Waals surface area contributed by atoms with Crippen LogP contribution in [0.4, 0.5) is 4.39 Å². The molecule has 2 aromatic heterocycles. The molecule has 1 aromatic carbocycles. The number of ether oxygens (including phenoxy) is 1. The van der Waals surface area contributed by atoms with Crippen LogP contribution >= 0.6 is 0 Å². The molecule has 1 unspecified atom stereocenters. The molecule has 144 valence electrons. The van der Waals surface area contributed by atoms with E-state index < -0.39 is 0 Å². The molecule has 0 saturated carbocycles. The zero-order chi connectivity index (χ0) is 19.5. The van der Waals surface area contributed by atoms with Gasteiger partial charge in [0.1, 0.15) is 11.9 Å². The number of morpholine rings is 1. The van der Waals surface area contributed by atoms with Gasteiger partial charge in [0.05, 0.1) is 37.2 Å². The van der Waals surface area contributed by atoms with Crippen LogP contribution in [0, 0.1) is 5.82 Å². The highest BCUT2D eigenvalue weighted by atomic mass is 19.1. The van der Waals surface area contributed by atoms with Crippen LogP contribution in [0.15, 0.2) is 54.9 Å². The fraction of sp³-hybridized carbons (Fsp3) is 0.286. The lowest BCUT2D eigenvalue weighted by atomic mass is 10.1. The van der Waals surface area contributed by atoms with E-state index in [-0.39, 0.29) is 24.2 Å². The van der Waals surface area contributed by atoms with Gasteiger partial charge in [-0.05, 0) is 29.8 Å². The quantitative estimate of drug-likeness (QED) is 0.698. The summed E-state index contributed by atoms with van der Waals surface area (Å²) in [5.74, 6) is -0.300. The summed E-state index contributed by atoms with van der Waals surface area (Å²) in [5, 5.41) is 4.18. The summed E-state index contributed by atoms with van der Waals surface area (Å²) in [6.45, 7) is 1.45. The van der Waals surface area contributed by atoms with Gasteiger partial charge in [0.15, 0.2) is 0 Å². The molecule has 3 aromatic rings. The van der Waals surface area contributed by atoms with Gasteiger partial charge in [-0.3, -0.25) is 9.48 Å². The molecule has 1 amide bonds. The number of hydrogen-bond donors (Lipinski definition) is 0. The van der Waals surface area contributed by atoms with Crippen LogP contribution in [0.25, 0.3) is 11.3 Å². The largest absolute Gasteiger partial charge is 0.368 e. The minimum absolute atomic E-state index is 0.00308. The second-order valence-electron chi connectivity index (χ2n) is 6.85. The van der Waals surface area contributed by atoms with E-state index in [2.05, 4.69) is 5.10 Å². The van der Waals surface area contributed by atoms with Crippen molar-refractivity contribution in [2.45, 2.75) is 12.5 Å². The Morgan fingerprint density at radius 2 is 2.07 bits per heavy atom. The zero-order valence-corrected chi connectivity index (χ0v) is 15.6. The molecule has 1 saturated heterocycles. The van der Waals surface area contributed by atoms with Gasteiger partial charge >= 0.3 is 0 Å². The minimum Gasteiger partial charge on any atom is -0.368 e. The van der Waals surface area contributed by atoms with E-state index in [1.54, 1.807) is 27.9 Å². The van der Waals surface area contributed by atoms with Crippen LogP contribution in [0.1, 0.15) is 17.4 Å². The summed E-state index contributed by atoms with van der Waals surface area (Å²) in [6.07, 6.45) is 3.65. The van der Waals surface area contributed by atoms with E-state index >= 15 is 0 Å². The second-order valence-corrected chi connectivity index (χ2v) is 6.85. The molecule has 1 fully saturated rings. The highest BCUT2D eigenvalue weighted by Gasteiger charge is 2.26. The summed E-state index contributed by atoms with van der Waals surface area (Å²) in [4.78, 5) is 19.2. The lowest BCUT2D eigenvalue weighted by Crippen LogP contribution is -2.43. The van der Waals surface area contributed by atoms with Crippen LogP contribution in [0.5, 0.6) is 0 Å². The van der Waals surface area contributed by atoms with Crippen LogP contribution in [0.2, 0.25) is 0 Å². The molecule has 1 atom stereocenters. The third-order valence-corrected chi connectivity index (χ3v) is 4.79. The molecule has 4 rings (SSSR count). The number of benzene rings is 1. The van der Waals surface area contributed by atoms with Crippen LogP contribution in [-0.4, -0.2) is 45.3 Å². The van der Waals surface area contributed by atoms with Gasteiger partial charge in [-0.1, -0.05) is 18.2 Å². The third kappa shape index (κ3) is 4.09. The van der Waals surface area contributed by atoms with Gasteiger partial charge in [0, 0.05) is 25.4 Å². The minimum atomic E-state index is -0.304. The number of pyridine rings is 1. The van der Waals surface area contributed by atoms with Crippen molar-refractivity contribution >= 4 is 5.91 Å². The molecular formula is C21H21FN4O2. The molecule has 28 heavy (non-hydrogen) atoms. The number of carbonyl (C=O) groups is 1. The summed E-state index contributed by atoms with van der Waals surface area (Å²) in [6, 6.07) is 11.8. The molecule has 0 N–H and O–H groups in total. The van der Waals surface area contributed by atoms with Gasteiger partial charge in [0.2, 0.25) is 5.91 Å². The monoisotopic (exact) mass is 380 g/mol. The predicted molar refractivity (Wildman–Crippen MR) is 102 cm³/mol. The Labute approximate surface area is 162 Å². The Morgan fingerprint density at radius 3 is 2.82 bits per heavy atom. The summed E-state index contributed by atoms with van der Waals surface area (Å²) in [7, 11) is 1.86. The Bertz CT molecular complexity index is 971. The predicted octanol–water partition coefficient (Wildman–Crippen LogP) is 2.76. The van der Waals surface area contributed by atoms with Gasteiger partial charge < -0.3 is 9.64 Å². The fourth-order valence-electron chi connectivity index (χ4n) is 3.29. The van der Waals surface area contributed by atoms with Crippen molar-refractivity contribution in [2.24, 2.45) is 7.05 Å². The Hall–Kier alpha value is -3.06. The van der Waals surface area contributed by atoms with E-state index in [4.69, 9.17) is 9.72 Å². The molecule has 7 heteroatoms. The number of amides is 1. The molecule has 0 radical (unpaired) electrons. The first-order valence-electron chi connectivity index (χ1n) is 9.18. The molecule has 0 aliphatic carbocycles. The number of aromatic nitrogens is 3. The molecule has 0 bridgehead atoms. The van der Waals surface area contributed by atoms with E-state index in [1.165, 1.54) is 12.1 Å². The molecule has 1 aliphatic heterocycles. The van der Waals surface area contributed by atoms with Crippen molar-refractivity contribution in [1.29, 1.82) is 0 Å². The van der Waals surface area contributed by atoms with Crippen molar-refractivity contribution in [1.82, 2.24) is 19.7 Å². The van der Waals surface area contributed by atoms with Gasteiger partial charge in [-0.25, -0.2) is 9.37 Å². The molecule has 3 heterocycles. The van der Waals surface area contributed by atoms with E-state index in [0.717, 1.165) is 22.5 Å². The lowest BCUT2D eigenvalue weighted by Gasteiger charge is -2.33. The van der Waals surface area contributed by atoms with Crippen LogP contribution in [-0.2, 0) is 23.0 Å². The number of rotatable bonds is 4. The number of halogens is 1. The van der Waals surface area contributed by atoms with E-state index in [9.17, 15) is 9.18 Å². The van der Waals surface area contributed by atoms with Gasteiger partial charge in [-0.2, -0.15) is 5.10 Å². The van der Waals surface area contributed by atoms with Crippen LogP contribution < -0.4 is 0 Å². The Balaban J connectivity index is 1.46. The fourth-order valence-corrected chi connectivity index (χ4v) is 3.29. The first-order valence-corrected chi connectivity index (χ1v) is 9.18. The highest BCUT2D eigenvalue weighted by Crippen LogP contribution is 2.24. The lowest BCUT2D eigenvalue weighted by molar-refractivity contribution is -0.138. The maximum Gasteiger partial charge on any atom is 0.227 e. The number of carbonyl (C=O) groups excluding carboxylic acids is 1. The Morgan fingerprint density at radius 1 is 1.25 bits per heavy atom. The molecule has 1 aliphatic rings. The number of hydrogen-bond acceptors (Lipinski definition) is 4. The molecule has 0 spiro atoms. The topological polar surface area (TPSA) is 60.2 Å². The van der Waals surface area contributed by atoms with E-state index in [1.807, 2.05) is 31.4 Å². The smallest absolute Gasteiger partial charge is 0.227 e. The first-order chi connectivity index (χ1) is 13.6. The van der Waals surface area contributed by atoms with Crippen molar-refractivity contribution < 1.29 is 13.9 Å². The normalized spacial score (nSPS) is 16.9. The molecular weight excluding hydrogens is 359 g/mol. The third-order valence-electron chi connectivity index (χ3n) is 4.79. The summed E-state index contributed by atoms with van der Waals surface area (Å²) < 4.78 is 20.7. The number of nitrogens with zero attached hydrogens (tertiary/aromatic N) is 4. The average molecular weight is 380 g/mol. The summed E-state index contributed by atoms with van der Waals surface area (Å²) in [5.41, 5.74) is 3.35. The van der Waals surface area contributed by atoms with Gasteiger partial charge in [-0.15, -0.1) is 0 Å².